The lowest BCUT2D eigenvalue weighted by Crippen LogP contribution is -2.53. The number of aromatic nitrogens is 3. The van der Waals surface area contributed by atoms with Gasteiger partial charge in [-0.3, -0.25) is 9.78 Å². The van der Waals surface area contributed by atoms with Gasteiger partial charge in [-0.25, -0.2) is 17.5 Å². The molecular weight excluding hydrogens is 543 g/mol. The van der Waals surface area contributed by atoms with Crippen LogP contribution in [0.15, 0.2) is 77.5 Å². The van der Waals surface area contributed by atoms with Gasteiger partial charge in [0.25, 0.3) is 0 Å². The van der Waals surface area contributed by atoms with Crippen LogP contribution in [-0.4, -0.2) is 53.0 Å². The molecule has 41 heavy (non-hydrogen) atoms. The molecular formula is C31H27FN4O4S. The standard InChI is InChI=1S/C31H27FN4O4S/c1-20-8-11-33-27(14-20)30(37)31-17-22-18-34-36(25-4-2-24(32)3-5-25)28(22)16-23(31)9-12-35(19-31)41(38,39)26-6-7-29-21(15-26)10-13-40-29/h2-8,11,14-16,18H,9-10,12-13,17,19H2,1H3/t31-/m0/s1. The number of hydrogen-bond acceptors (Lipinski definition) is 6. The average Bonchev–Trinajstić information content (AvgIpc) is 3.62. The third-order valence-electron chi connectivity index (χ3n) is 8.33. The van der Waals surface area contributed by atoms with E-state index in [1.165, 1.54) is 16.4 Å². The lowest BCUT2D eigenvalue weighted by molar-refractivity contribution is 0.0770. The molecule has 2 aromatic heterocycles. The van der Waals surface area contributed by atoms with Crippen molar-refractivity contribution < 1.29 is 22.3 Å². The number of hydrogen-bond donors (Lipinski definition) is 0. The highest BCUT2D eigenvalue weighted by molar-refractivity contribution is 7.89. The van der Waals surface area contributed by atoms with Gasteiger partial charge in [0.15, 0.2) is 5.78 Å². The molecule has 7 rings (SSSR count). The van der Waals surface area contributed by atoms with Crippen LogP contribution in [0.5, 0.6) is 5.75 Å². The molecule has 3 aliphatic rings. The fourth-order valence-corrected chi connectivity index (χ4v) is 7.74. The van der Waals surface area contributed by atoms with E-state index in [1.54, 1.807) is 53.5 Å². The molecule has 0 bridgehead atoms. The fraction of sp³-hybridized carbons (Fsp3) is 0.258. The van der Waals surface area contributed by atoms with E-state index in [-0.39, 0.29) is 36.0 Å². The van der Waals surface area contributed by atoms with Gasteiger partial charge in [0.05, 0.1) is 34.5 Å². The molecule has 0 saturated carbocycles. The molecule has 10 heteroatoms. The predicted molar refractivity (Wildman–Crippen MR) is 150 cm³/mol. The minimum atomic E-state index is -3.89. The monoisotopic (exact) mass is 570 g/mol. The Morgan fingerprint density at radius 2 is 1.88 bits per heavy atom. The summed E-state index contributed by atoms with van der Waals surface area (Å²) in [5, 5.41) is 4.56. The Morgan fingerprint density at radius 3 is 2.68 bits per heavy atom. The van der Waals surface area contributed by atoms with Crippen molar-refractivity contribution in [1.29, 1.82) is 0 Å². The molecule has 0 unspecified atom stereocenters. The van der Waals surface area contributed by atoms with Crippen molar-refractivity contribution in [3.63, 3.8) is 0 Å². The molecule has 0 amide bonds. The van der Waals surface area contributed by atoms with Gasteiger partial charge < -0.3 is 4.74 Å². The third-order valence-corrected chi connectivity index (χ3v) is 10.2. The van der Waals surface area contributed by atoms with Gasteiger partial charge >= 0.3 is 0 Å². The zero-order valence-corrected chi connectivity index (χ0v) is 23.2. The zero-order chi connectivity index (χ0) is 28.4. The Balaban J connectivity index is 1.32. The highest BCUT2D eigenvalue weighted by atomic mass is 32.2. The molecule has 8 nitrogen and oxygen atoms in total. The largest absolute Gasteiger partial charge is 0.493 e. The first-order chi connectivity index (χ1) is 19.7. The first kappa shape index (κ1) is 25.8. The number of nitrogens with zero attached hydrogens (tertiary/aromatic N) is 4. The maximum Gasteiger partial charge on any atom is 0.243 e. The van der Waals surface area contributed by atoms with Gasteiger partial charge in [0.1, 0.15) is 17.3 Å². The summed E-state index contributed by atoms with van der Waals surface area (Å²) in [6.07, 6.45) is 6.58. The Hall–Kier alpha value is -4.15. The number of pyridine rings is 1. The number of Topliss-reactive ketones (excluding diaryl/α,β-unsaturated/α-hetero) is 1. The molecule has 0 N–H and O–H groups in total. The number of fused-ring (bicyclic) bond motifs is 3. The number of halogens is 1. The van der Waals surface area contributed by atoms with Gasteiger partial charge in [-0.1, -0.05) is 5.57 Å². The van der Waals surface area contributed by atoms with E-state index in [0.717, 1.165) is 28.0 Å². The van der Waals surface area contributed by atoms with Gasteiger partial charge in [-0.05, 0) is 97.1 Å². The molecule has 4 heterocycles. The summed E-state index contributed by atoms with van der Waals surface area (Å²) in [7, 11) is -3.89. The minimum Gasteiger partial charge on any atom is -0.493 e. The van der Waals surface area contributed by atoms with Crippen LogP contribution in [0.1, 0.15) is 39.3 Å². The summed E-state index contributed by atoms with van der Waals surface area (Å²) < 4.78 is 50.3. The van der Waals surface area contributed by atoms with Crippen LogP contribution in [0.2, 0.25) is 0 Å². The number of ketones is 1. The Labute approximate surface area is 237 Å². The van der Waals surface area contributed by atoms with E-state index in [2.05, 4.69) is 10.1 Å². The molecule has 1 aliphatic carbocycles. The molecule has 0 radical (unpaired) electrons. The summed E-state index contributed by atoms with van der Waals surface area (Å²) in [4.78, 5) is 19.0. The normalized spacial score (nSPS) is 20.0. The summed E-state index contributed by atoms with van der Waals surface area (Å²) >= 11 is 0. The van der Waals surface area contributed by atoms with Crippen molar-refractivity contribution in [2.45, 2.75) is 31.1 Å². The smallest absolute Gasteiger partial charge is 0.243 e. The SMILES string of the molecule is Cc1ccnc(C(=O)[C@]23Cc4cnn(-c5ccc(F)cc5)c4C=C2CCN(S(=O)(=O)c2ccc4c(c2)CCO4)C3)c1. The maximum absolute atomic E-state index is 14.4. The second-order valence-corrected chi connectivity index (χ2v) is 12.8. The van der Waals surface area contributed by atoms with Crippen molar-refractivity contribution >= 4 is 21.9 Å². The van der Waals surface area contributed by atoms with Gasteiger partial charge in [-0.15, -0.1) is 0 Å². The molecule has 4 aromatic rings. The number of piperidine rings is 1. The van der Waals surface area contributed by atoms with Crippen LogP contribution >= 0.6 is 0 Å². The molecule has 1 saturated heterocycles. The van der Waals surface area contributed by atoms with Crippen LogP contribution in [-0.2, 0) is 22.9 Å². The van der Waals surface area contributed by atoms with Crippen molar-refractivity contribution in [3.05, 3.63) is 106 Å². The predicted octanol–water partition coefficient (Wildman–Crippen LogP) is 4.55. The number of aryl methyl sites for hydroxylation is 1. The van der Waals surface area contributed by atoms with E-state index in [9.17, 15) is 17.6 Å². The molecule has 0 spiro atoms. The molecule has 2 aliphatic heterocycles. The Bertz CT molecular complexity index is 1850. The van der Waals surface area contributed by atoms with Crippen molar-refractivity contribution in [1.82, 2.24) is 19.1 Å². The second-order valence-electron chi connectivity index (χ2n) is 10.9. The Kier molecular flexibility index (Phi) is 5.95. The highest BCUT2D eigenvalue weighted by Crippen LogP contribution is 2.47. The number of sulfonamides is 1. The first-order valence-corrected chi connectivity index (χ1v) is 15.0. The summed E-state index contributed by atoms with van der Waals surface area (Å²) in [6.45, 7) is 2.65. The zero-order valence-electron chi connectivity index (χ0n) is 22.4. The van der Waals surface area contributed by atoms with Crippen LogP contribution in [0, 0.1) is 18.2 Å². The third kappa shape index (κ3) is 4.20. The molecule has 1 atom stereocenters. The summed E-state index contributed by atoms with van der Waals surface area (Å²) in [6, 6.07) is 14.6. The topological polar surface area (TPSA) is 94.4 Å². The van der Waals surface area contributed by atoms with E-state index in [1.807, 2.05) is 19.1 Å². The van der Waals surface area contributed by atoms with Gasteiger partial charge in [0.2, 0.25) is 10.0 Å². The number of benzene rings is 2. The lowest BCUT2D eigenvalue weighted by Gasteiger charge is -2.44. The number of ether oxygens (including phenoxy) is 1. The maximum atomic E-state index is 14.4. The lowest BCUT2D eigenvalue weighted by atomic mass is 9.65. The highest BCUT2D eigenvalue weighted by Gasteiger charge is 2.51. The van der Waals surface area contributed by atoms with Crippen molar-refractivity contribution in [3.8, 4) is 11.4 Å². The summed E-state index contributed by atoms with van der Waals surface area (Å²) in [5.41, 5.74) is 4.09. The summed E-state index contributed by atoms with van der Waals surface area (Å²) in [5.74, 6) is 0.158. The van der Waals surface area contributed by atoms with Crippen LogP contribution < -0.4 is 4.74 Å². The Morgan fingerprint density at radius 1 is 1.05 bits per heavy atom. The van der Waals surface area contributed by atoms with E-state index < -0.39 is 15.4 Å². The van der Waals surface area contributed by atoms with Crippen LogP contribution in [0.25, 0.3) is 11.8 Å². The van der Waals surface area contributed by atoms with E-state index >= 15 is 0 Å². The molecule has 1 fully saturated rings. The van der Waals surface area contributed by atoms with E-state index in [4.69, 9.17) is 4.74 Å². The van der Waals surface area contributed by atoms with Crippen LogP contribution in [0.4, 0.5) is 4.39 Å². The van der Waals surface area contributed by atoms with Gasteiger partial charge in [0, 0.05) is 25.7 Å². The quantitative estimate of drug-likeness (QED) is 0.327. The first-order valence-electron chi connectivity index (χ1n) is 13.5. The van der Waals surface area contributed by atoms with Crippen molar-refractivity contribution in [2.24, 2.45) is 5.41 Å². The fourth-order valence-electron chi connectivity index (χ4n) is 6.19. The second kappa shape index (κ2) is 9.46. The number of rotatable bonds is 5. The minimum absolute atomic E-state index is 0.00955. The number of carbonyl (C=O) groups excluding carboxylic acids is 1. The number of carbonyl (C=O) groups is 1. The van der Waals surface area contributed by atoms with E-state index in [0.29, 0.717) is 36.6 Å². The molecule has 2 aromatic carbocycles. The average molecular weight is 571 g/mol. The molecule has 208 valence electrons. The van der Waals surface area contributed by atoms with Crippen LogP contribution in [0.3, 0.4) is 0 Å². The van der Waals surface area contributed by atoms with Gasteiger partial charge in [-0.2, -0.15) is 9.40 Å². The van der Waals surface area contributed by atoms with Crippen molar-refractivity contribution in [2.75, 3.05) is 19.7 Å².